The van der Waals surface area contributed by atoms with Crippen molar-refractivity contribution in [3.8, 4) is 0 Å². The van der Waals surface area contributed by atoms with Gasteiger partial charge in [0, 0.05) is 4.90 Å². The van der Waals surface area contributed by atoms with Crippen molar-refractivity contribution >= 4 is 30.7 Å². The van der Waals surface area contributed by atoms with Crippen LogP contribution in [0.25, 0.3) is 0 Å². The number of hydrogen-bond donors (Lipinski definition) is 0. The highest BCUT2D eigenvalue weighted by atomic mass is 32.2. The van der Waals surface area contributed by atoms with Gasteiger partial charge in [-0.05, 0) is 12.1 Å². The largest absolute Gasteiger partial charge is 0.673 e. The number of amidine groups is 1. The zero-order chi connectivity index (χ0) is 16.9. The van der Waals surface area contributed by atoms with E-state index in [1.54, 1.807) is 11.8 Å². The summed E-state index contributed by atoms with van der Waals surface area (Å²) in [5.41, 5.74) is 1.14. The van der Waals surface area contributed by atoms with Gasteiger partial charge >= 0.3 is 13.3 Å². The molecular weight excluding hydrogens is 321 g/mol. The third kappa shape index (κ3) is 6.04. The Bertz CT molecular complexity index is 529. The van der Waals surface area contributed by atoms with Gasteiger partial charge in [-0.2, -0.15) is 5.06 Å². The van der Waals surface area contributed by atoms with Crippen molar-refractivity contribution < 1.29 is 26.7 Å². The number of fused-ring (bicyclic) bond motifs is 1. The SMILES string of the molecule is CN(C)C(ON1CSc2ccccc21)=[N+](C)C.F[B-](F)(F)F. The Morgan fingerprint density at radius 1 is 1.23 bits per heavy atom. The van der Waals surface area contributed by atoms with E-state index in [0.29, 0.717) is 0 Å². The number of rotatable bonds is 1. The molecule has 124 valence electrons. The van der Waals surface area contributed by atoms with Crippen LogP contribution in [0.15, 0.2) is 29.2 Å². The van der Waals surface area contributed by atoms with Crippen LogP contribution in [-0.4, -0.2) is 56.8 Å². The monoisotopic (exact) mass is 339 g/mol. The number of thioether (sulfide) groups is 1. The second kappa shape index (κ2) is 7.62. The van der Waals surface area contributed by atoms with Gasteiger partial charge in [0.25, 0.3) is 0 Å². The molecule has 22 heavy (non-hydrogen) atoms. The van der Waals surface area contributed by atoms with Crippen LogP contribution in [0.1, 0.15) is 0 Å². The van der Waals surface area contributed by atoms with Gasteiger partial charge in [0.15, 0.2) is 0 Å². The topological polar surface area (TPSA) is 18.7 Å². The van der Waals surface area contributed by atoms with Gasteiger partial charge in [-0.25, -0.2) is 9.48 Å². The minimum absolute atomic E-state index is 0.822. The molecule has 0 bridgehead atoms. The van der Waals surface area contributed by atoms with Crippen molar-refractivity contribution in [2.24, 2.45) is 0 Å². The number of hydroxylamine groups is 1. The molecule has 1 aromatic carbocycles. The second-order valence-corrected chi connectivity index (χ2v) is 5.76. The molecule has 0 atom stereocenters. The number of nitrogens with zero attached hydrogens (tertiary/aromatic N) is 3. The van der Waals surface area contributed by atoms with E-state index in [4.69, 9.17) is 4.84 Å². The highest BCUT2D eigenvalue weighted by Gasteiger charge is 2.26. The summed E-state index contributed by atoms with van der Waals surface area (Å²) in [5, 5.41) is 1.93. The summed E-state index contributed by atoms with van der Waals surface area (Å²) in [6.07, 6.45) is 0. The average Bonchev–Trinajstić information content (AvgIpc) is 2.76. The van der Waals surface area contributed by atoms with Gasteiger partial charge in [-0.15, -0.1) is 0 Å². The van der Waals surface area contributed by atoms with E-state index in [9.17, 15) is 17.3 Å². The molecule has 1 aliphatic rings. The smallest absolute Gasteiger partial charge is 0.418 e. The molecule has 0 spiro atoms. The van der Waals surface area contributed by atoms with Crippen molar-refractivity contribution in [3.63, 3.8) is 0 Å². The molecule has 0 amide bonds. The van der Waals surface area contributed by atoms with Gasteiger partial charge in [0.2, 0.25) is 0 Å². The van der Waals surface area contributed by atoms with Gasteiger partial charge in [0.05, 0.1) is 33.9 Å². The van der Waals surface area contributed by atoms with Crippen LogP contribution in [-0.2, 0) is 4.84 Å². The van der Waals surface area contributed by atoms with E-state index in [-0.39, 0.29) is 0 Å². The molecule has 10 heteroatoms. The van der Waals surface area contributed by atoms with Crippen LogP contribution in [0.5, 0.6) is 0 Å². The van der Waals surface area contributed by atoms with Crippen molar-refractivity contribution in [2.75, 3.05) is 39.1 Å². The Morgan fingerprint density at radius 3 is 2.27 bits per heavy atom. The molecule has 1 heterocycles. The molecule has 0 radical (unpaired) electrons. The van der Waals surface area contributed by atoms with Gasteiger partial charge in [-0.1, -0.05) is 23.9 Å². The Balaban J connectivity index is 0.000000422. The maximum Gasteiger partial charge on any atom is 0.673 e. The highest BCUT2D eigenvalue weighted by Crippen LogP contribution is 2.38. The zero-order valence-electron chi connectivity index (χ0n) is 12.8. The number of hydrogen-bond acceptors (Lipinski definition) is 3. The molecule has 0 saturated carbocycles. The Labute approximate surface area is 131 Å². The molecule has 0 N–H and O–H groups in total. The van der Waals surface area contributed by atoms with Crippen molar-refractivity contribution in [3.05, 3.63) is 24.3 Å². The maximum absolute atomic E-state index is 9.75. The molecule has 0 unspecified atom stereocenters. The zero-order valence-corrected chi connectivity index (χ0v) is 13.6. The van der Waals surface area contributed by atoms with Crippen LogP contribution in [0.3, 0.4) is 0 Å². The first-order chi connectivity index (χ1) is 10.1. The summed E-state index contributed by atoms with van der Waals surface area (Å²) in [5.74, 6) is 0.824. The van der Waals surface area contributed by atoms with Gasteiger partial charge in [0.1, 0.15) is 5.88 Å². The van der Waals surface area contributed by atoms with Crippen LogP contribution >= 0.6 is 11.8 Å². The third-order valence-corrected chi connectivity index (χ3v) is 3.45. The Hall–Kier alpha value is -1.58. The van der Waals surface area contributed by atoms with E-state index < -0.39 is 7.25 Å². The number of halogens is 4. The fourth-order valence-corrected chi connectivity index (χ4v) is 2.66. The first-order valence-corrected chi connectivity index (χ1v) is 7.34. The standard InChI is InChI=1S/C12H18N3OS.BF4/c1-13(2)12(14(3)4)16-15-9-17-11-8-6-5-7-10(11)15;2-1(3,4)5/h5-8H,9H2,1-4H3;/q+1;-1. The van der Waals surface area contributed by atoms with Crippen LogP contribution in [0.2, 0.25) is 0 Å². The second-order valence-electron chi connectivity index (χ2n) is 4.78. The van der Waals surface area contributed by atoms with Crippen molar-refractivity contribution in [1.82, 2.24) is 4.90 Å². The predicted octanol–water partition coefficient (Wildman–Crippen LogP) is 2.98. The quantitative estimate of drug-likeness (QED) is 0.257. The number of benzene rings is 1. The minimum atomic E-state index is -6.00. The normalized spacial score (nSPS) is 13.0. The van der Waals surface area contributed by atoms with E-state index >= 15 is 0 Å². The summed E-state index contributed by atoms with van der Waals surface area (Å²) in [4.78, 5) is 9.17. The fraction of sp³-hybridized carbons (Fsp3) is 0.417. The molecular formula is C12H18BF4N3OS. The van der Waals surface area contributed by atoms with E-state index in [2.05, 4.69) is 18.2 Å². The van der Waals surface area contributed by atoms with E-state index in [1.165, 1.54) is 4.90 Å². The molecule has 1 aliphatic heterocycles. The summed E-state index contributed by atoms with van der Waals surface area (Å²) in [6.45, 7) is 0. The van der Waals surface area contributed by atoms with Crippen LogP contribution < -0.4 is 5.06 Å². The summed E-state index contributed by atoms with van der Waals surface area (Å²) >= 11 is 1.79. The average molecular weight is 339 g/mol. The predicted molar refractivity (Wildman–Crippen MR) is 81.7 cm³/mol. The Morgan fingerprint density at radius 2 is 1.77 bits per heavy atom. The van der Waals surface area contributed by atoms with Crippen LogP contribution in [0, 0.1) is 0 Å². The Kier molecular flexibility index (Phi) is 6.40. The summed E-state index contributed by atoms with van der Waals surface area (Å²) < 4.78 is 41.0. The highest BCUT2D eigenvalue weighted by molar-refractivity contribution is 7.99. The lowest BCUT2D eigenvalue weighted by Crippen LogP contribution is -2.38. The fourth-order valence-electron chi connectivity index (χ4n) is 1.72. The molecule has 2 rings (SSSR count). The molecule has 4 nitrogen and oxygen atoms in total. The lowest BCUT2D eigenvalue weighted by atomic mass is 10.3. The molecule has 1 aromatic rings. The van der Waals surface area contributed by atoms with E-state index in [1.807, 2.05) is 48.8 Å². The third-order valence-electron chi connectivity index (χ3n) is 2.43. The first-order valence-electron chi connectivity index (χ1n) is 6.36. The summed E-state index contributed by atoms with van der Waals surface area (Å²) in [6, 6.07) is 9.11. The van der Waals surface area contributed by atoms with Crippen molar-refractivity contribution in [2.45, 2.75) is 4.90 Å². The molecule has 0 fully saturated rings. The number of anilines is 1. The van der Waals surface area contributed by atoms with Gasteiger partial charge in [-0.3, -0.25) is 0 Å². The number of para-hydroxylation sites is 1. The van der Waals surface area contributed by atoms with Gasteiger partial charge < -0.3 is 22.1 Å². The molecule has 0 aromatic heterocycles. The molecule has 0 saturated heterocycles. The summed E-state index contributed by atoms with van der Waals surface area (Å²) in [7, 11) is 1.91. The first kappa shape index (κ1) is 18.5. The van der Waals surface area contributed by atoms with Crippen LogP contribution in [0.4, 0.5) is 23.0 Å². The van der Waals surface area contributed by atoms with Crippen molar-refractivity contribution in [1.29, 1.82) is 0 Å². The maximum atomic E-state index is 9.75. The van der Waals surface area contributed by atoms with E-state index in [0.717, 1.165) is 17.6 Å². The minimum Gasteiger partial charge on any atom is -0.418 e. The lowest BCUT2D eigenvalue weighted by Gasteiger charge is -2.19. The lowest BCUT2D eigenvalue weighted by molar-refractivity contribution is -0.481. The molecule has 0 aliphatic carbocycles.